The summed E-state index contributed by atoms with van der Waals surface area (Å²) in [5, 5.41) is 0. The first-order valence-electron chi connectivity index (χ1n) is 2.62. The largest absolute Gasteiger partial charge is 0.147 e. The summed E-state index contributed by atoms with van der Waals surface area (Å²) in [6.45, 7) is 8.18. The molecule has 66 valence electrons. The molecule has 0 N–H and O–H groups in total. The molecule has 11 heavy (non-hydrogen) atoms. The van der Waals surface area contributed by atoms with Crippen molar-refractivity contribution in [3.05, 3.63) is 25.3 Å². The van der Waals surface area contributed by atoms with Gasteiger partial charge in [0, 0.05) is 0 Å². The topological polar surface area (TPSA) is 18.5 Å². The van der Waals surface area contributed by atoms with Gasteiger partial charge in [-0.3, -0.25) is 0 Å². The molecule has 0 radical (unpaired) electrons. The van der Waals surface area contributed by atoms with Crippen LogP contribution in [0.3, 0.4) is 0 Å². The van der Waals surface area contributed by atoms with E-state index in [1.807, 2.05) is 0 Å². The van der Waals surface area contributed by atoms with Crippen molar-refractivity contribution in [2.24, 2.45) is 0 Å². The molecule has 2 nitrogen and oxygen atoms in total. The summed E-state index contributed by atoms with van der Waals surface area (Å²) in [4.78, 5) is 0. The van der Waals surface area contributed by atoms with Gasteiger partial charge in [-0.15, -0.1) is 24.8 Å². The SMILES string of the molecule is C=CC[O][Ti][O]CC=C.Cl.Cl. The average Bonchev–Trinajstić information content (AvgIpc) is 1.89. The maximum absolute atomic E-state index is 5.02. The van der Waals surface area contributed by atoms with E-state index < -0.39 is 19.9 Å². The Morgan fingerprint density at radius 1 is 1.00 bits per heavy atom. The van der Waals surface area contributed by atoms with Gasteiger partial charge in [-0.05, 0) is 0 Å². The van der Waals surface area contributed by atoms with E-state index in [9.17, 15) is 0 Å². The Balaban J connectivity index is -0.000000320. The quantitative estimate of drug-likeness (QED) is 0.399. The third-order valence-corrected chi connectivity index (χ3v) is 1.41. The van der Waals surface area contributed by atoms with Gasteiger partial charge in [0.25, 0.3) is 0 Å². The first-order chi connectivity index (χ1) is 4.41. The van der Waals surface area contributed by atoms with Gasteiger partial charge >= 0.3 is 65.1 Å². The summed E-state index contributed by atoms with van der Waals surface area (Å²) in [5.74, 6) is 0. The van der Waals surface area contributed by atoms with Crippen molar-refractivity contribution in [1.29, 1.82) is 0 Å². The van der Waals surface area contributed by atoms with Gasteiger partial charge in [-0.1, -0.05) is 0 Å². The smallest absolute Gasteiger partial charge is 0.147 e. The molecule has 0 aromatic heterocycles. The van der Waals surface area contributed by atoms with Gasteiger partial charge < -0.3 is 0 Å². The second-order valence-electron chi connectivity index (χ2n) is 1.28. The van der Waals surface area contributed by atoms with Crippen molar-refractivity contribution in [3.63, 3.8) is 0 Å². The van der Waals surface area contributed by atoms with E-state index in [0.717, 1.165) is 0 Å². The van der Waals surface area contributed by atoms with Crippen molar-refractivity contribution in [3.8, 4) is 0 Å². The Kier molecular flexibility index (Phi) is 27.3. The van der Waals surface area contributed by atoms with Crippen LogP contribution in [-0.2, 0) is 26.6 Å². The van der Waals surface area contributed by atoms with Gasteiger partial charge in [0.05, 0.1) is 0 Å². The summed E-state index contributed by atoms with van der Waals surface area (Å²) in [7, 11) is 0. The second-order valence-corrected chi connectivity index (χ2v) is 2.44. The standard InChI is InChI=1S/2C3H5O.2ClH.Ti/c2*1-2-3-4;;;/h2*2H,1,3H2;2*1H;/q2*-1;;;+2. The molecule has 0 fully saturated rings. The van der Waals surface area contributed by atoms with Gasteiger partial charge in [-0.2, -0.15) is 0 Å². The summed E-state index contributed by atoms with van der Waals surface area (Å²) >= 11 is -0.646. The van der Waals surface area contributed by atoms with Crippen LogP contribution in [0.2, 0.25) is 0 Å². The summed E-state index contributed by atoms with van der Waals surface area (Å²) in [6.07, 6.45) is 3.42. The Hall–Kier alpha value is 0.694. The predicted molar refractivity (Wildman–Crippen MR) is 46.8 cm³/mol. The van der Waals surface area contributed by atoms with Crippen molar-refractivity contribution in [2.75, 3.05) is 13.2 Å². The number of hydrogen-bond acceptors (Lipinski definition) is 2. The molecule has 0 saturated heterocycles. The van der Waals surface area contributed by atoms with Crippen LogP contribution >= 0.6 is 24.8 Å². The second kappa shape index (κ2) is 17.0. The summed E-state index contributed by atoms with van der Waals surface area (Å²) in [5.41, 5.74) is 0. The molecule has 0 aromatic rings. The zero-order valence-electron chi connectivity index (χ0n) is 6.12. The Labute approximate surface area is 89.7 Å². The van der Waals surface area contributed by atoms with Crippen LogP contribution in [0, 0.1) is 0 Å². The van der Waals surface area contributed by atoms with Crippen LogP contribution in [-0.4, -0.2) is 13.2 Å². The number of hydrogen-bond donors (Lipinski definition) is 0. The Morgan fingerprint density at radius 2 is 1.36 bits per heavy atom. The van der Waals surface area contributed by atoms with Gasteiger partial charge in [0.15, 0.2) is 0 Å². The van der Waals surface area contributed by atoms with Gasteiger partial charge in [-0.25, -0.2) is 0 Å². The number of halogens is 2. The molecule has 0 aliphatic rings. The first-order valence-corrected chi connectivity index (χ1v) is 3.89. The third-order valence-electron chi connectivity index (χ3n) is 0.520. The van der Waals surface area contributed by atoms with Gasteiger partial charge in [0.1, 0.15) is 0 Å². The molecule has 0 amide bonds. The van der Waals surface area contributed by atoms with E-state index >= 15 is 0 Å². The van der Waals surface area contributed by atoms with Crippen molar-refractivity contribution < 1.29 is 26.6 Å². The van der Waals surface area contributed by atoms with Crippen LogP contribution in [0.25, 0.3) is 0 Å². The van der Waals surface area contributed by atoms with Crippen molar-refractivity contribution in [1.82, 2.24) is 0 Å². The molecule has 5 heteroatoms. The summed E-state index contributed by atoms with van der Waals surface area (Å²) in [6, 6.07) is 0. The minimum Gasteiger partial charge on any atom is -0.147 e. The fourth-order valence-corrected chi connectivity index (χ4v) is 0.938. The molecule has 0 aliphatic carbocycles. The molecule has 0 atom stereocenters. The van der Waals surface area contributed by atoms with Crippen LogP contribution in [0.1, 0.15) is 0 Å². The molecule has 0 heterocycles. The molecule has 0 spiro atoms. The number of rotatable bonds is 6. The Morgan fingerprint density at radius 3 is 1.64 bits per heavy atom. The zero-order chi connectivity index (χ0) is 6.95. The molecule has 0 unspecified atom stereocenters. The fourth-order valence-electron chi connectivity index (χ4n) is 0.228. The first kappa shape index (κ1) is 17.7. The molecule has 0 bridgehead atoms. The molecular formula is C6H12Cl2O2Ti. The van der Waals surface area contributed by atoms with Crippen LogP contribution in [0.4, 0.5) is 0 Å². The molecule has 0 saturated carbocycles. The molecule has 0 rings (SSSR count). The molecule has 0 aliphatic heterocycles. The molecular weight excluding hydrogens is 223 g/mol. The summed E-state index contributed by atoms with van der Waals surface area (Å²) < 4.78 is 10.0. The minimum atomic E-state index is -0.646. The monoisotopic (exact) mass is 234 g/mol. The maximum atomic E-state index is 5.02. The van der Waals surface area contributed by atoms with E-state index in [4.69, 9.17) is 6.64 Å². The van der Waals surface area contributed by atoms with E-state index in [1.165, 1.54) is 0 Å². The van der Waals surface area contributed by atoms with Crippen LogP contribution < -0.4 is 0 Å². The van der Waals surface area contributed by atoms with Gasteiger partial charge in [0.2, 0.25) is 0 Å². The maximum Gasteiger partial charge on any atom is -0.147 e. The fraction of sp³-hybridized carbons (Fsp3) is 0.333. The van der Waals surface area contributed by atoms with E-state index in [0.29, 0.717) is 13.2 Å². The minimum absolute atomic E-state index is 0. The van der Waals surface area contributed by atoms with Crippen LogP contribution in [0.5, 0.6) is 0 Å². The predicted octanol–water partition coefficient (Wildman–Crippen LogP) is 2.15. The zero-order valence-corrected chi connectivity index (χ0v) is 9.31. The normalized spacial score (nSPS) is 6.91. The van der Waals surface area contributed by atoms with Crippen molar-refractivity contribution >= 4 is 24.8 Å². The average molecular weight is 235 g/mol. The molecule has 0 aromatic carbocycles. The Bertz CT molecular complexity index is 80.7. The van der Waals surface area contributed by atoms with E-state index in [2.05, 4.69) is 13.2 Å². The third kappa shape index (κ3) is 18.0. The van der Waals surface area contributed by atoms with Crippen LogP contribution in [0.15, 0.2) is 25.3 Å². The van der Waals surface area contributed by atoms with Crippen molar-refractivity contribution in [2.45, 2.75) is 0 Å². The van der Waals surface area contributed by atoms with E-state index in [1.54, 1.807) is 12.2 Å². The van der Waals surface area contributed by atoms with E-state index in [-0.39, 0.29) is 24.8 Å².